The van der Waals surface area contributed by atoms with Crippen LogP contribution in [-0.2, 0) is 10.2 Å². The molecule has 136 valence electrons. The Labute approximate surface area is 154 Å². The molecule has 1 saturated carbocycles. The third-order valence-electron chi connectivity index (χ3n) is 5.70. The Morgan fingerprint density at radius 3 is 2.65 bits per heavy atom. The summed E-state index contributed by atoms with van der Waals surface area (Å²) in [5.74, 6) is 1.38. The van der Waals surface area contributed by atoms with Crippen LogP contribution in [-0.4, -0.2) is 41.0 Å². The molecule has 1 amide bonds. The highest BCUT2D eigenvalue weighted by atomic mass is 16.5. The van der Waals surface area contributed by atoms with Crippen molar-refractivity contribution in [2.24, 2.45) is 0 Å². The first-order valence-electron chi connectivity index (χ1n) is 9.35. The van der Waals surface area contributed by atoms with Crippen molar-refractivity contribution in [2.75, 3.05) is 20.2 Å². The average Bonchev–Trinajstić information content (AvgIpc) is 3.49. The van der Waals surface area contributed by atoms with Crippen LogP contribution < -0.4 is 4.74 Å². The number of hydrogen-bond acceptors (Lipinski definition) is 4. The van der Waals surface area contributed by atoms with E-state index in [9.17, 15) is 4.79 Å². The Hall–Kier alpha value is -2.43. The monoisotopic (exact) mass is 351 g/mol. The first-order chi connectivity index (χ1) is 12.6. The van der Waals surface area contributed by atoms with Crippen LogP contribution in [0, 0.1) is 6.92 Å². The van der Waals surface area contributed by atoms with Gasteiger partial charge < -0.3 is 9.64 Å². The van der Waals surface area contributed by atoms with Crippen LogP contribution in [0.3, 0.4) is 0 Å². The van der Waals surface area contributed by atoms with Gasteiger partial charge in [0.15, 0.2) is 0 Å². The molecule has 26 heavy (non-hydrogen) atoms. The van der Waals surface area contributed by atoms with E-state index in [4.69, 9.17) is 4.74 Å². The van der Waals surface area contributed by atoms with Gasteiger partial charge in [0.2, 0.25) is 5.91 Å². The first kappa shape index (κ1) is 17.0. The second kappa shape index (κ2) is 6.71. The third-order valence-corrected chi connectivity index (χ3v) is 5.70. The molecule has 2 aliphatic rings. The molecule has 1 saturated heterocycles. The van der Waals surface area contributed by atoms with Crippen LogP contribution in [0.25, 0.3) is 0 Å². The lowest BCUT2D eigenvalue weighted by Crippen LogP contribution is -2.44. The van der Waals surface area contributed by atoms with Crippen LogP contribution in [0.4, 0.5) is 0 Å². The molecule has 2 fully saturated rings. The predicted molar refractivity (Wildman–Crippen MR) is 99.2 cm³/mol. The molecule has 2 heterocycles. The number of piperidine rings is 1. The SMILES string of the molecule is COc1ccc(C2(C(=O)N3CCCC(c4cncc(C)n4)C3)CC2)cc1. The number of aryl methyl sites for hydroxylation is 1. The van der Waals surface area contributed by atoms with Gasteiger partial charge in [-0.05, 0) is 50.3 Å². The summed E-state index contributed by atoms with van der Waals surface area (Å²) in [6, 6.07) is 7.97. The van der Waals surface area contributed by atoms with Crippen LogP contribution in [0.2, 0.25) is 0 Å². The molecule has 5 heteroatoms. The maximum absolute atomic E-state index is 13.3. The molecule has 0 radical (unpaired) electrons. The molecule has 1 aliphatic carbocycles. The number of carbonyl (C=O) groups excluding carboxylic acids is 1. The van der Waals surface area contributed by atoms with E-state index in [-0.39, 0.29) is 17.2 Å². The van der Waals surface area contributed by atoms with Crippen molar-refractivity contribution in [3.05, 3.63) is 53.6 Å². The number of likely N-dealkylation sites (tertiary alicyclic amines) is 1. The fourth-order valence-corrected chi connectivity index (χ4v) is 4.05. The van der Waals surface area contributed by atoms with E-state index in [0.29, 0.717) is 0 Å². The van der Waals surface area contributed by atoms with E-state index < -0.39 is 0 Å². The number of methoxy groups -OCH3 is 1. The second-order valence-corrected chi connectivity index (χ2v) is 7.49. The highest BCUT2D eigenvalue weighted by Crippen LogP contribution is 2.50. The Morgan fingerprint density at radius 1 is 1.23 bits per heavy atom. The summed E-state index contributed by atoms with van der Waals surface area (Å²) in [6.45, 7) is 3.55. The van der Waals surface area contributed by atoms with Crippen molar-refractivity contribution < 1.29 is 9.53 Å². The summed E-state index contributed by atoms with van der Waals surface area (Å²) in [6.07, 6.45) is 7.58. The molecule has 1 aromatic carbocycles. The topological polar surface area (TPSA) is 55.3 Å². The number of aromatic nitrogens is 2. The van der Waals surface area contributed by atoms with E-state index in [1.54, 1.807) is 13.3 Å². The maximum atomic E-state index is 13.3. The van der Waals surface area contributed by atoms with Crippen LogP contribution >= 0.6 is 0 Å². The minimum atomic E-state index is -0.327. The van der Waals surface area contributed by atoms with Gasteiger partial charge in [0.05, 0.1) is 23.9 Å². The van der Waals surface area contributed by atoms with E-state index >= 15 is 0 Å². The Bertz CT molecular complexity index is 799. The molecule has 1 aromatic heterocycles. The number of amides is 1. The maximum Gasteiger partial charge on any atom is 0.233 e. The van der Waals surface area contributed by atoms with Crippen molar-refractivity contribution >= 4 is 5.91 Å². The lowest BCUT2D eigenvalue weighted by atomic mass is 9.90. The highest BCUT2D eigenvalue weighted by molar-refractivity contribution is 5.91. The summed E-state index contributed by atoms with van der Waals surface area (Å²) in [7, 11) is 1.66. The van der Waals surface area contributed by atoms with E-state index in [2.05, 4.69) is 14.9 Å². The molecule has 1 unspecified atom stereocenters. The van der Waals surface area contributed by atoms with Crippen LogP contribution in [0.1, 0.15) is 48.6 Å². The summed E-state index contributed by atoms with van der Waals surface area (Å²) < 4.78 is 5.24. The van der Waals surface area contributed by atoms with Gasteiger partial charge in [0, 0.05) is 31.4 Å². The van der Waals surface area contributed by atoms with Crippen molar-refractivity contribution in [1.29, 1.82) is 0 Å². The van der Waals surface area contributed by atoms with Gasteiger partial charge in [-0.25, -0.2) is 0 Å². The lowest BCUT2D eigenvalue weighted by Gasteiger charge is -2.35. The van der Waals surface area contributed by atoms with Crippen LogP contribution in [0.15, 0.2) is 36.7 Å². The largest absolute Gasteiger partial charge is 0.497 e. The molecule has 1 atom stereocenters. The fourth-order valence-electron chi connectivity index (χ4n) is 4.05. The lowest BCUT2D eigenvalue weighted by molar-refractivity contribution is -0.135. The molecule has 0 N–H and O–H groups in total. The number of benzene rings is 1. The van der Waals surface area contributed by atoms with E-state index in [1.807, 2.05) is 37.4 Å². The van der Waals surface area contributed by atoms with Gasteiger partial charge in [0.25, 0.3) is 0 Å². The summed E-state index contributed by atoms with van der Waals surface area (Å²) >= 11 is 0. The Morgan fingerprint density at radius 2 is 2.00 bits per heavy atom. The van der Waals surface area contributed by atoms with Gasteiger partial charge >= 0.3 is 0 Å². The predicted octanol–water partition coefficient (Wildman–Crippen LogP) is 3.23. The minimum absolute atomic E-state index is 0.271. The van der Waals surface area contributed by atoms with Gasteiger partial charge in [-0.2, -0.15) is 0 Å². The quantitative estimate of drug-likeness (QED) is 0.849. The molecular formula is C21H25N3O2. The smallest absolute Gasteiger partial charge is 0.233 e. The molecular weight excluding hydrogens is 326 g/mol. The third kappa shape index (κ3) is 3.06. The molecule has 0 bridgehead atoms. The number of nitrogens with zero attached hydrogens (tertiary/aromatic N) is 3. The molecule has 5 nitrogen and oxygen atoms in total. The zero-order valence-electron chi connectivity index (χ0n) is 15.4. The zero-order valence-corrected chi connectivity index (χ0v) is 15.4. The van der Waals surface area contributed by atoms with E-state index in [0.717, 1.165) is 61.5 Å². The van der Waals surface area contributed by atoms with Gasteiger partial charge in [-0.15, -0.1) is 0 Å². The van der Waals surface area contributed by atoms with Crippen molar-refractivity contribution in [3.8, 4) is 5.75 Å². The fraction of sp³-hybridized carbons (Fsp3) is 0.476. The summed E-state index contributed by atoms with van der Waals surface area (Å²) in [5.41, 5.74) is 2.73. The van der Waals surface area contributed by atoms with Crippen molar-refractivity contribution in [2.45, 2.75) is 43.9 Å². The van der Waals surface area contributed by atoms with Crippen molar-refractivity contribution in [3.63, 3.8) is 0 Å². The standard InChI is InChI=1S/C21H25N3O2/c1-15-12-22-13-19(23-15)16-4-3-11-24(14-16)20(25)21(9-10-21)17-5-7-18(26-2)8-6-17/h5-8,12-13,16H,3-4,9-11,14H2,1-2H3. The summed E-state index contributed by atoms with van der Waals surface area (Å²) in [5, 5.41) is 0. The zero-order chi connectivity index (χ0) is 18.1. The molecule has 1 aliphatic heterocycles. The van der Waals surface area contributed by atoms with Crippen LogP contribution in [0.5, 0.6) is 5.75 Å². The molecule has 4 rings (SSSR count). The van der Waals surface area contributed by atoms with E-state index in [1.165, 1.54) is 0 Å². The average molecular weight is 351 g/mol. The normalized spacial score (nSPS) is 21.3. The number of rotatable bonds is 4. The number of ether oxygens (including phenoxy) is 1. The minimum Gasteiger partial charge on any atom is -0.497 e. The Kier molecular flexibility index (Phi) is 4.39. The van der Waals surface area contributed by atoms with Gasteiger partial charge in [-0.1, -0.05) is 12.1 Å². The number of hydrogen-bond donors (Lipinski definition) is 0. The first-order valence-corrected chi connectivity index (χ1v) is 9.35. The number of carbonyl (C=O) groups is 1. The Balaban J connectivity index is 1.52. The van der Waals surface area contributed by atoms with Crippen molar-refractivity contribution in [1.82, 2.24) is 14.9 Å². The molecule has 0 spiro atoms. The second-order valence-electron chi connectivity index (χ2n) is 7.49. The summed E-state index contributed by atoms with van der Waals surface area (Å²) in [4.78, 5) is 24.3. The van der Waals surface area contributed by atoms with Gasteiger partial charge in [0.1, 0.15) is 5.75 Å². The highest BCUT2D eigenvalue weighted by Gasteiger charge is 2.53. The molecule has 2 aromatic rings. The van der Waals surface area contributed by atoms with Gasteiger partial charge in [-0.3, -0.25) is 14.8 Å².